The Hall–Kier alpha value is -1.97. The summed E-state index contributed by atoms with van der Waals surface area (Å²) in [6.07, 6.45) is 87.7. The highest BCUT2D eigenvalue weighted by molar-refractivity contribution is 7.40. The molecule has 3 aromatic heterocycles. The molecule has 110 heavy (non-hydrogen) atoms. The van der Waals surface area contributed by atoms with Crippen LogP contribution in [-0.2, 0) is 83.7 Å². The van der Waals surface area contributed by atoms with Crippen LogP contribution in [0.15, 0.2) is 56.2 Å². The van der Waals surface area contributed by atoms with E-state index in [9.17, 15) is 0 Å². The fourth-order valence-electron chi connectivity index (χ4n) is 14.4. The van der Waals surface area contributed by atoms with Crippen molar-refractivity contribution in [3.8, 4) is 0 Å². The van der Waals surface area contributed by atoms with E-state index < -0.39 is 34.2 Å². The van der Waals surface area contributed by atoms with Crippen LogP contribution in [0.2, 0.25) is 18.1 Å². The second-order valence-electron chi connectivity index (χ2n) is 30.2. The van der Waals surface area contributed by atoms with Gasteiger partial charge >= 0.3 is 26.4 Å². The van der Waals surface area contributed by atoms with Gasteiger partial charge in [-0.15, -0.1) is 0 Å². The normalized spacial score (nSPS) is 12.0. The van der Waals surface area contributed by atoms with E-state index in [0.29, 0.717) is 59.5 Å². The molecule has 0 radical (unpaired) electrons. The monoisotopic (exact) mass is 1630 g/mol. The smallest absolute Gasteiger partial charge is 0.504 e. The van der Waals surface area contributed by atoms with Crippen molar-refractivity contribution >= 4 is 34.2 Å². The standard InChI is InChI=1S/3C29H59N2O3Si.H3O4P/c3*1-5-9-10-11-12-13-14-15-16-17-18-19-20-21-22-23-24-30-25-26-31(29-30)27-28-35(32-6-2,33-7-3)34-8-4;1-5(2,3)4/h3*25-26,29H,5-24,27-28H2,1-4H3;(H3,1,2,3,4)/q3*+1;/p-3. The summed E-state index contributed by atoms with van der Waals surface area (Å²) in [5, 5.41) is 0. The van der Waals surface area contributed by atoms with Crippen LogP contribution in [0.25, 0.3) is 0 Å². The second-order valence-corrected chi connectivity index (χ2v) is 39.3. The molecule has 0 aliphatic carbocycles. The van der Waals surface area contributed by atoms with Crippen molar-refractivity contribution in [3.63, 3.8) is 0 Å². The Morgan fingerprint density at radius 1 is 0.245 bits per heavy atom. The summed E-state index contributed by atoms with van der Waals surface area (Å²) in [4.78, 5) is 25.6. The van der Waals surface area contributed by atoms with E-state index in [2.05, 4.69) is 104 Å². The number of aryl methyl sites for hydroxylation is 6. The van der Waals surface area contributed by atoms with Gasteiger partial charge in [-0.2, -0.15) is 7.82 Å². The van der Waals surface area contributed by atoms with Gasteiger partial charge in [0.2, 0.25) is 19.0 Å². The molecule has 0 atom stereocenters. The number of hydrogen-bond donors (Lipinski definition) is 0. The molecular weight excluding hydrogens is 1450 g/mol. The van der Waals surface area contributed by atoms with Crippen LogP contribution < -0.4 is 28.4 Å². The van der Waals surface area contributed by atoms with Gasteiger partial charge in [0.25, 0.3) is 0 Å². The number of imidazole rings is 3. The Kier molecular flexibility index (Phi) is 76.8. The highest BCUT2D eigenvalue weighted by atomic mass is 31.2. The van der Waals surface area contributed by atoms with Crippen molar-refractivity contribution in [3.05, 3.63) is 56.2 Å². The van der Waals surface area contributed by atoms with Crippen LogP contribution in [0.3, 0.4) is 0 Å². The molecule has 0 saturated carbocycles. The molecule has 0 unspecified atom stereocenters. The van der Waals surface area contributed by atoms with E-state index >= 15 is 0 Å². The highest BCUT2D eigenvalue weighted by Gasteiger charge is 2.43. The fraction of sp³-hybridized carbons (Fsp3) is 0.897. The minimum Gasteiger partial charge on any atom is -0.822 e. The molecule has 0 N–H and O–H groups in total. The lowest BCUT2D eigenvalue weighted by molar-refractivity contribution is -0.697. The largest absolute Gasteiger partial charge is 0.822 e. The predicted octanol–water partition coefficient (Wildman–Crippen LogP) is 21.4. The maximum Gasteiger partial charge on any atom is 0.504 e. The minimum absolute atomic E-state index is 0.636. The van der Waals surface area contributed by atoms with Gasteiger partial charge in [0.1, 0.15) is 37.2 Å². The molecule has 3 rings (SSSR count). The van der Waals surface area contributed by atoms with Crippen molar-refractivity contribution in [2.45, 2.75) is 449 Å². The summed E-state index contributed by atoms with van der Waals surface area (Å²) in [6, 6.07) is 2.45. The van der Waals surface area contributed by atoms with E-state index in [-0.39, 0.29) is 0 Å². The highest BCUT2D eigenvalue weighted by Crippen LogP contribution is 2.23. The number of nitrogens with zero attached hydrogens (tertiary/aromatic N) is 6. The third-order valence-corrected chi connectivity index (χ3v) is 29.4. The molecule has 0 saturated heterocycles. The van der Waals surface area contributed by atoms with Gasteiger partial charge in [-0.25, -0.2) is 27.4 Å². The zero-order valence-electron chi connectivity index (χ0n) is 73.8. The van der Waals surface area contributed by atoms with Crippen molar-refractivity contribution in [2.24, 2.45) is 0 Å². The number of unbranched alkanes of at least 4 members (excludes halogenated alkanes) is 45. The SMILES string of the molecule is CCCCCCCCCCCCCCCCCC[n+]1ccn(CC[Si](OCC)(OCC)OCC)c1.CCCCCCCCCCCCCCCCCC[n+]1ccn(CC[Si](OCC)(OCC)OCC)c1.CCCCCCCCCCCCCCCCCC[n+]1ccn(CC[Si](OCC)(OCC)OCC)c1.O=P([O-])([O-])[O-]. The lowest BCUT2D eigenvalue weighted by atomic mass is 10.0. The Balaban J connectivity index is 0.00000157. The van der Waals surface area contributed by atoms with Crippen molar-refractivity contribution in [2.75, 3.05) is 59.5 Å². The molecule has 0 bridgehead atoms. The van der Waals surface area contributed by atoms with E-state index in [1.165, 1.54) is 308 Å². The number of hydrogen-bond acceptors (Lipinski definition) is 13. The Bertz CT molecular complexity index is 2110. The first-order valence-corrected chi connectivity index (χ1v) is 53.5. The van der Waals surface area contributed by atoms with E-state index in [0.717, 1.165) is 57.4 Å². The molecule has 650 valence electrons. The average Bonchev–Trinajstić information content (AvgIpc) is 0.910. The van der Waals surface area contributed by atoms with Crippen molar-refractivity contribution < 1.29 is 72.8 Å². The van der Waals surface area contributed by atoms with E-state index in [1.54, 1.807) is 0 Å². The minimum atomic E-state index is -5.39. The first-order valence-electron chi connectivity index (χ1n) is 46.2. The third-order valence-electron chi connectivity index (χ3n) is 20.4. The molecule has 0 spiro atoms. The maximum atomic E-state index is 8.55. The van der Waals surface area contributed by atoms with Gasteiger partial charge in [-0.05, 0) is 101 Å². The zero-order chi connectivity index (χ0) is 80.9. The number of aromatic nitrogens is 6. The van der Waals surface area contributed by atoms with Gasteiger partial charge < -0.3 is 59.1 Å². The molecule has 19 nitrogen and oxygen atoms in total. The van der Waals surface area contributed by atoms with Crippen LogP contribution in [0, 0.1) is 0 Å². The molecule has 0 aliphatic rings. The lowest BCUT2D eigenvalue weighted by Crippen LogP contribution is -2.46. The summed E-state index contributed by atoms with van der Waals surface area (Å²) in [6.45, 7) is 36.7. The molecular formula is C87H177N6O13PSi3. The molecule has 23 heteroatoms. The van der Waals surface area contributed by atoms with Crippen molar-refractivity contribution in [1.29, 1.82) is 0 Å². The molecule has 0 fully saturated rings. The Morgan fingerprint density at radius 3 is 0.518 bits per heavy atom. The molecule has 0 aromatic carbocycles. The predicted molar refractivity (Wildman–Crippen MR) is 456 cm³/mol. The quantitative estimate of drug-likeness (QED) is 0.0224. The molecule has 3 aromatic rings. The van der Waals surface area contributed by atoms with Crippen LogP contribution in [0.5, 0.6) is 0 Å². The van der Waals surface area contributed by atoms with Gasteiger partial charge in [0.05, 0.1) is 57.4 Å². The molecule has 0 aliphatic heterocycles. The Morgan fingerprint density at radius 2 is 0.382 bits per heavy atom. The van der Waals surface area contributed by atoms with E-state index in [1.807, 2.05) is 62.3 Å². The fourth-order valence-corrected chi connectivity index (χ4v) is 22.0. The third kappa shape index (κ3) is 66.1. The number of rotatable bonds is 78. The van der Waals surface area contributed by atoms with Gasteiger partial charge in [0.15, 0.2) is 0 Å². The van der Waals surface area contributed by atoms with Gasteiger partial charge in [0, 0.05) is 59.5 Å². The summed E-state index contributed by atoms with van der Waals surface area (Å²) in [7, 11) is -13.1. The average molecular weight is 1630 g/mol. The molecule has 3 heterocycles. The van der Waals surface area contributed by atoms with Crippen LogP contribution in [0.1, 0.15) is 391 Å². The van der Waals surface area contributed by atoms with Crippen LogP contribution in [-0.4, -0.2) is 99.6 Å². The Labute approximate surface area is 681 Å². The topological polar surface area (TPSA) is 196 Å². The lowest BCUT2D eigenvalue weighted by Gasteiger charge is -2.36. The second kappa shape index (κ2) is 78.2. The van der Waals surface area contributed by atoms with Gasteiger partial charge in [-0.3, -0.25) is 0 Å². The van der Waals surface area contributed by atoms with Crippen molar-refractivity contribution in [1.82, 2.24) is 13.7 Å². The number of phosphoric acid groups is 1. The first kappa shape index (κ1) is 108. The summed E-state index contributed by atoms with van der Waals surface area (Å²) >= 11 is 0. The summed E-state index contributed by atoms with van der Waals surface area (Å²) < 4.78 is 76.0. The van der Waals surface area contributed by atoms with Crippen LogP contribution >= 0.6 is 7.82 Å². The summed E-state index contributed by atoms with van der Waals surface area (Å²) in [5.74, 6) is 0. The maximum absolute atomic E-state index is 8.55. The van der Waals surface area contributed by atoms with Gasteiger partial charge in [-0.1, -0.05) is 290 Å². The zero-order valence-corrected chi connectivity index (χ0v) is 77.7. The van der Waals surface area contributed by atoms with Crippen LogP contribution in [0.4, 0.5) is 0 Å². The summed E-state index contributed by atoms with van der Waals surface area (Å²) in [5.41, 5.74) is 0. The first-order chi connectivity index (χ1) is 53.6. The molecule has 0 amide bonds. The van der Waals surface area contributed by atoms with E-state index in [4.69, 9.17) is 59.1 Å².